The molecule has 1 aromatic carbocycles. The van der Waals surface area contributed by atoms with E-state index in [1.54, 1.807) is 0 Å². The summed E-state index contributed by atoms with van der Waals surface area (Å²) in [4.78, 5) is 22.9. The van der Waals surface area contributed by atoms with Gasteiger partial charge >= 0.3 is 6.18 Å². The number of benzene rings is 1. The summed E-state index contributed by atoms with van der Waals surface area (Å²) in [6, 6.07) is 1.95. The number of nitrogens with zero attached hydrogens (tertiary/aromatic N) is 2. The SMILES string of the molecule is COc1c([C@H]2[C@H](c3nc4c(C(N)=O)ncc(OC)c4[nH]3)O[C@@](C)(C(F)(F)F)[C@H]2C)ccc(F)c1F. The Kier molecular flexibility index (Phi) is 5.86. The highest BCUT2D eigenvalue weighted by molar-refractivity contribution is 6.03. The number of hydrogen-bond donors (Lipinski definition) is 2. The van der Waals surface area contributed by atoms with E-state index < -0.39 is 53.0 Å². The number of imidazole rings is 1. The van der Waals surface area contributed by atoms with Crippen molar-refractivity contribution in [2.24, 2.45) is 11.7 Å². The number of hydrogen-bond acceptors (Lipinski definition) is 6. The topological polar surface area (TPSA) is 112 Å². The molecule has 0 spiro atoms. The minimum atomic E-state index is -4.82. The Hall–Kier alpha value is -3.48. The van der Waals surface area contributed by atoms with Crippen molar-refractivity contribution >= 4 is 16.9 Å². The second-order valence-electron chi connectivity index (χ2n) is 8.33. The van der Waals surface area contributed by atoms with E-state index in [1.165, 1.54) is 20.2 Å². The Morgan fingerprint density at radius 1 is 1.23 bits per heavy atom. The smallest absolute Gasteiger partial charge is 0.417 e. The van der Waals surface area contributed by atoms with E-state index in [-0.39, 0.29) is 33.9 Å². The van der Waals surface area contributed by atoms with Crippen LogP contribution in [0.1, 0.15) is 47.7 Å². The summed E-state index contributed by atoms with van der Waals surface area (Å²) >= 11 is 0. The quantitative estimate of drug-likeness (QED) is 0.509. The first-order chi connectivity index (χ1) is 16.4. The zero-order chi connectivity index (χ0) is 25.9. The van der Waals surface area contributed by atoms with Gasteiger partial charge in [-0.1, -0.05) is 13.0 Å². The van der Waals surface area contributed by atoms with Crippen molar-refractivity contribution in [3.63, 3.8) is 0 Å². The van der Waals surface area contributed by atoms with Crippen LogP contribution in [0.4, 0.5) is 22.0 Å². The number of primary amides is 1. The maximum Gasteiger partial charge on any atom is 0.417 e. The Balaban J connectivity index is 1.98. The molecular formula is C22H21F5N4O4. The fourth-order valence-electron chi connectivity index (χ4n) is 4.51. The van der Waals surface area contributed by atoms with Crippen LogP contribution in [0.5, 0.6) is 11.5 Å². The molecule has 4 rings (SSSR count). The number of fused-ring (bicyclic) bond motifs is 1. The molecule has 1 aliphatic rings. The van der Waals surface area contributed by atoms with Crippen LogP contribution in [-0.2, 0) is 4.74 Å². The second-order valence-corrected chi connectivity index (χ2v) is 8.33. The first-order valence-corrected chi connectivity index (χ1v) is 10.3. The number of aromatic amines is 1. The standard InChI is InChI=1S/C22H21F5N4O4/c1-8-12(9-5-6-10(23)13(24)17(9)34-4)18(35-21(8,2)22(25,26)27)20-30-14-11(33-3)7-29-16(19(28)32)15(14)31-20/h5-8,12,18H,1-4H3,(H2,28,32)(H,30,31)/t8-,12-,18+,21+/m0/s1. The van der Waals surface area contributed by atoms with Gasteiger partial charge in [0.15, 0.2) is 28.6 Å². The molecule has 188 valence electrons. The number of rotatable bonds is 5. The lowest BCUT2D eigenvalue weighted by atomic mass is 9.77. The van der Waals surface area contributed by atoms with E-state index in [4.69, 9.17) is 19.9 Å². The van der Waals surface area contributed by atoms with E-state index in [2.05, 4.69) is 15.0 Å². The molecule has 0 saturated carbocycles. The number of alkyl halides is 3. The molecule has 3 heterocycles. The third-order valence-electron chi connectivity index (χ3n) is 6.54. The van der Waals surface area contributed by atoms with Crippen LogP contribution in [0, 0.1) is 17.6 Å². The molecule has 1 aliphatic heterocycles. The number of carbonyl (C=O) groups excluding carboxylic acids is 1. The van der Waals surface area contributed by atoms with E-state index >= 15 is 0 Å². The van der Waals surface area contributed by atoms with Gasteiger partial charge in [-0.3, -0.25) is 4.79 Å². The van der Waals surface area contributed by atoms with Crippen molar-refractivity contribution in [3.8, 4) is 11.5 Å². The number of amides is 1. The lowest BCUT2D eigenvalue weighted by molar-refractivity contribution is -0.275. The van der Waals surface area contributed by atoms with Gasteiger partial charge in [0.25, 0.3) is 5.91 Å². The number of ether oxygens (including phenoxy) is 3. The average molecular weight is 500 g/mol. The van der Waals surface area contributed by atoms with E-state index in [9.17, 15) is 26.7 Å². The van der Waals surface area contributed by atoms with Crippen molar-refractivity contribution in [1.82, 2.24) is 15.0 Å². The lowest BCUT2D eigenvalue weighted by Gasteiger charge is -2.32. The molecule has 1 fully saturated rings. The fraction of sp³-hybridized carbons (Fsp3) is 0.409. The number of pyridine rings is 1. The van der Waals surface area contributed by atoms with Gasteiger partial charge in [-0.15, -0.1) is 0 Å². The third kappa shape index (κ3) is 3.65. The van der Waals surface area contributed by atoms with Crippen LogP contribution in [-0.4, -0.2) is 46.9 Å². The number of aromatic nitrogens is 3. The monoisotopic (exact) mass is 500 g/mol. The van der Waals surface area contributed by atoms with Crippen LogP contribution in [0.15, 0.2) is 18.3 Å². The van der Waals surface area contributed by atoms with Crippen LogP contribution < -0.4 is 15.2 Å². The van der Waals surface area contributed by atoms with Gasteiger partial charge in [-0.25, -0.2) is 14.4 Å². The molecule has 3 aromatic rings. The van der Waals surface area contributed by atoms with Gasteiger partial charge in [-0.2, -0.15) is 17.6 Å². The van der Waals surface area contributed by atoms with Crippen molar-refractivity contribution in [2.45, 2.75) is 37.6 Å². The lowest BCUT2D eigenvalue weighted by Crippen LogP contribution is -2.46. The van der Waals surface area contributed by atoms with E-state index in [0.29, 0.717) is 0 Å². The summed E-state index contributed by atoms with van der Waals surface area (Å²) in [5.74, 6) is -6.49. The molecule has 8 nitrogen and oxygen atoms in total. The summed E-state index contributed by atoms with van der Waals surface area (Å²) in [6.07, 6.45) is -5.05. The molecule has 0 radical (unpaired) electrons. The largest absolute Gasteiger partial charge is 0.493 e. The van der Waals surface area contributed by atoms with Crippen LogP contribution >= 0.6 is 0 Å². The van der Waals surface area contributed by atoms with Crippen molar-refractivity contribution in [2.75, 3.05) is 14.2 Å². The first kappa shape index (κ1) is 24.6. The molecule has 0 aliphatic carbocycles. The Morgan fingerprint density at radius 3 is 2.49 bits per heavy atom. The number of methoxy groups -OCH3 is 2. The molecule has 1 amide bonds. The van der Waals surface area contributed by atoms with Gasteiger partial charge in [0.05, 0.1) is 20.4 Å². The van der Waals surface area contributed by atoms with Gasteiger partial charge < -0.3 is 24.9 Å². The van der Waals surface area contributed by atoms with Gasteiger partial charge in [0.1, 0.15) is 23.0 Å². The van der Waals surface area contributed by atoms with Crippen LogP contribution in [0.25, 0.3) is 11.0 Å². The second kappa shape index (κ2) is 8.33. The highest BCUT2D eigenvalue weighted by Gasteiger charge is 2.65. The van der Waals surface area contributed by atoms with Crippen molar-refractivity contribution < 1.29 is 41.0 Å². The minimum absolute atomic E-state index is 0.0419. The number of H-pyrrole nitrogens is 1. The molecule has 13 heteroatoms. The van der Waals surface area contributed by atoms with E-state index in [0.717, 1.165) is 26.2 Å². The number of halogens is 5. The number of carbonyl (C=O) groups is 1. The molecule has 35 heavy (non-hydrogen) atoms. The molecule has 4 atom stereocenters. The zero-order valence-corrected chi connectivity index (χ0v) is 19.0. The number of nitrogens with two attached hydrogens (primary N) is 1. The normalized spacial score (nSPS) is 24.7. The maximum absolute atomic E-state index is 14.5. The highest BCUT2D eigenvalue weighted by Crippen LogP contribution is 2.59. The predicted molar refractivity (Wildman–Crippen MR) is 112 cm³/mol. The molecule has 0 bridgehead atoms. The van der Waals surface area contributed by atoms with Crippen LogP contribution in [0.3, 0.4) is 0 Å². The highest BCUT2D eigenvalue weighted by atomic mass is 19.4. The zero-order valence-electron chi connectivity index (χ0n) is 19.0. The Labute approximate surface area is 195 Å². The summed E-state index contributed by atoms with van der Waals surface area (Å²) in [5, 5.41) is 0. The summed E-state index contributed by atoms with van der Waals surface area (Å²) in [7, 11) is 2.40. The van der Waals surface area contributed by atoms with Gasteiger partial charge in [0.2, 0.25) is 5.82 Å². The third-order valence-corrected chi connectivity index (χ3v) is 6.54. The molecular weight excluding hydrogens is 479 g/mol. The van der Waals surface area contributed by atoms with Gasteiger partial charge in [-0.05, 0) is 13.0 Å². The first-order valence-electron chi connectivity index (χ1n) is 10.3. The average Bonchev–Trinajstić information content (AvgIpc) is 3.35. The molecule has 0 unspecified atom stereocenters. The molecule has 1 saturated heterocycles. The molecule has 2 aromatic heterocycles. The van der Waals surface area contributed by atoms with Crippen molar-refractivity contribution in [3.05, 3.63) is 47.0 Å². The number of nitrogens with one attached hydrogen (secondary N) is 1. The van der Waals surface area contributed by atoms with Crippen LogP contribution in [0.2, 0.25) is 0 Å². The van der Waals surface area contributed by atoms with Crippen molar-refractivity contribution in [1.29, 1.82) is 0 Å². The minimum Gasteiger partial charge on any atom is -0.493 e. The van der Waals surface area contributed by atoms with E-state index in [1.807, 2.05) is 0 Å². The summed E-state index contributed by atoms with van der Waals surface area (Å²) in [5.41, 5.74) is 2.51. The maximum atomic E-state index is 14.5. The Morgan fingerprint density at radius 2 is 1.91 bits per heavy atom. The molecule has 3 N–H and O–H groups in total. The summed E-state index contributed by atoms with van der Waals surface area (Å²) in [6.45, 7) is 2.16. The summed E-state index contributed by atoms with van der Waals surface area (Å²) < 4.78 is 86.8. The Bertz CT molecular complexity index is 1310. The predicted octanol–water partition coefficient (Wildman–Crippen LogP) is 4.16. The van der Waals surface area contributed by atoms with Gasteiger partial charge in [0, 0.05) is 17.4 Å². The fourth-order valence-corrected chi connectivity index (χ4v) is 4.51.